The maximum absolute atomic E-state index is 5.74. The maximum Gasteiger partial charge on any atom is 0.0266 e. The van der Waals surface area contributed by atoms with Crippen LogP contribution >= 0.6 is 0 Å². The molecule has 0 aromatic rings. The third-order valence-electron chi connectivity index (χ3n) is 4.32. The molecular weight excluding hydrogens is 184 g/mol. The molecule has 0 amide bonds. The largest absolute Gasteiger partial charge is 0.271 e. The first-order valence-corrected chi connectivity index (χ1v) is 6.69. The molecule has 1 aliphatic carbocycles. The second-order valence-corrected chi connectivity index (χ2v) is 5.29. The minimum atomic E-state index is 0.549. The molecule has 90 valence electrons. The summed E-state index contributed by atoms with van der Waals surface area (Å²) in [5.74, 6) is 8.25. The van der Waals surface area contributed by atoms with Gasteiger partial charge in [0, 0.05) is 6.04 Å². The molecule has 0 radical (unpaired) electrons. The highest BCUT2D eigenvalue weighted by Crippen LogP contribution is 2.33. The third kappa shape index (κ3) is 3.46. The summed E-state index contributed by atoms with van der Waals surface area (Å²) >= 11 is 0. The second kappa shape index (κ2) is 6.49. The van der Waals surface area contributed by atoms with Crippen molar-refractivity contribution >= 4 is 0 Å². The molecule has 1 atom stereocenters. The van der Waals surface area contributed by atoms with Crippen molar-refractivity contribution in [3.63, 3.8) is 0 Å². The van der Waals surface area contributed by atoms with Gasteiger partial charge in [-0.2, -0.15) is 0 Å². The van der Waals surface area contributed by atoms with Crippen LogP contribution in [0.5, 0.6) is 0 Å². The van der Waals surface area contributed by atoms with Crippen molar-refractivity contribution in [3.8, 4) is 0 Å². The van der Waals surface area contributed by atoms with E-state index in [0.717, 1.165) is 17.8 Å². The monoisotopic (exact) mass is 212 g/mol. The first kappa shape index (κ1) is 13.0. The molecule has 0 aromatic heterocycles. The zero-order valence-electron chi connectivity index (χ0n) is 10.6. The van der Waals surface area contributed by atoms with E-state index in [2.05, 4.69) is 26.2 Å². The van der Waals surface area contributed by atoms with Crippen molar-refractivity contribution in [1.82, 2.24) is 5.43 Å². The predicted molar refractivity (Wildman–Crippen MR) is 66.3 cm³/mol. The standard InChI is InChI=1S/C13H28N2/c1-4-11(5-2)13(15-14)12-8-6-10(3)7-9-12/h10-13,15H,4-9,14H2,1-3H3. The molecule has 0 saturated heterocycles. The van der Waals surface area contributed by atoms with E-state index < -0.39 is 0 Å². The predicted octanol–water partition coefficient (Wildman–Crippen LogP) is 3.08. The average Bonchev–Trinajstić information content (AvgIpc) is 2.27. The van der Waals surface area contributed by atoms with Gasteiger partial charge >= 0.3 is 0 Å². The van der Waals surface area contributed by atoms with Gasteiger partial charge < -0.3 is 0 Å². The highest BCUT2D eigenvalue weighted by molar-refractivity contribution is 4.83. The Bertz CT molecular complexity index is 158. The van der Waals surface area contributed by atoms with Gasteiger partial charge in [0.1, 0.15) is 0 Å². The minimum Gasteiger partial charge on any atom is -0.271 e. The summed E-state index contributed by atoms with van der Waals surface area (Å²) in [5.41, 5.74) is 3.09. The maximum atomic E-state index is 5.74. The molecule has 2 nitrogen and oxygen atoms in total. The van der Waals surface area contributed by atoms with Crippen molar-refractivity contribution in [1.29, 1.82) is 0 Å². The number of hydrogen-bond donors (Lipinski definition) is 2. The Kier molecular flexibility index (Phi) is 5.62. The molecule has 3 N–H and O–H groups in total. The lowest BCUT2D eigenvalue weighted by molar-refractivity contribution is 0.177. The number of nitrogens with one attached hydrogen (secondary N) is 1. The molecule has 2 heteroatoms. The van der Waals surface area contributed by atoms with Gasteiger partial charge in [-0.05, 0) is 30.6 Å². The van der Waals surface area contributed by atoms with Crippen molar-refractivity contribution in [2.24, 2.45) is 23.6 Å². The number of hydrazine groups is 1. The number of rotatable bonds is 5. The average molecular weight is 212 g/mol. The number of nitrogens with two attached hydrogens (primary N) is 1. The summed E-state index contributed by atoms with van der Waals surface area (Å²) in [4.78, 5) is 0. The van der Waals surface area contributed by atoms with Crippen LogP contribution in [-0.4, -0.2) is 6.04 Å². The van der Waals surface area contributed by atoms with E-state index >= 15 is 0 Å². The molecule has 1 unspecified atom stereocenters. The van der Waals surface area contributed by atoms with E-state index in [1.807, 2.05) is 0 Å². The Morgan fingerprint density at radius 3 is 2.07 bits per heavy atom. The molecular formula is C13H28N2. The summed E-state index contributed by atoms with van der Waals surface area (Å²) in [7, 11) is 0. The zero-order chi connectivity index (χ0) is 11.3. The van der Waals surface area contributed by atoms with E-state index in [9.17, 15) is 0 Å². The molecule has 0 aromatic carbocycles. The van der Waals surface area contributed by atoms with E-state index in [-0.39, 0.29) is 0 Å². The Balaban J connectivity index is 2.50. The fourth-order valence-corrected chi connectivity index (χ4v) is 3.10. The van der Waals surface area contributed by atoms with E-state index in [1.54, 1.807) is 0 Å². The fraction of sp³-hybridized carbons (Fsp3) is 1.00. The van der Waals surface area contributed by atoms with E-state index in [4.69, 9.17) is 5.84 Å². The van der Waals surface area contributed by atoms with Crippen molar-refractivity contribution in [2.75, 3.05) is 0 Å². The van der Waals surface area contributed by atoms with Crippen LogP contribution in [-0.2, 0) is 0 Å². The topological polar surface area (TPSA) is 38.0 Å². The van der Waals surface area contributed by atoms with Gasteiger partial charge in [0.15, 0.2) is 0 Å². The molecule has 0 spiro atoms. The zero-order valence-corrected chi connectivity index (χ0v) is 10.6. The quantitative estimate of drug-likeness (QED) is 0.543. The molecule has 0 aliphatic heterocycles. The van der Waals surface area contributed by atoms with Gasteiger partial charge in [-0.1, -0.05) is 46.5 Å². The third-order valence-corrected chi connectivity index (χ3v) is 4.32. The lowest BCUT2D eigenvalue weighted by Crippen LogP contribution is -2.46. The molecule has 0 bridgehead atoms. The molecule has 1 fully saturated rings. The molecule has 15 heavy (non-hydrogen) atoms. The van der Waals surface area contributed by atoms with Gasteiger partial charge in [-0.3, -0.25) is 11.3 Å². The molecule has 0 heterocycles. The van der Waals surface area contributed by atoms with Gasteiger partial charge in [-0.15, -0.1) is 0 Å². The highest BCUT2D eigenvalue weighted by atomic mass is 15.2. The van der Waals surface area contributed by atoms with Crippen molar-refractivity contribution in [2.45, 2.75) is 65.3 Å². The normalized spacial score (nSPS) is 29.4. The Morgan fingerprint density at radius 2 is 1.67 bits per heavy atom. The van der Waals surface area contributed by atoms with Crippen LogP contribution in [0, 0.1) is 17.8 Å². The smallest absolute Gasteiger partial charge is 0.0266 e. The van der Waals surface area contributed by atoms with E-state index in [0.29, 0.717) is 6.04 Å². The first-order chi connectivity index (χ1) is 7.22. The van der Waals surface area contributed by atoms with Crippen LogP contribution < -0.4 is 11.3 Å². The first-order valence-electron chi connectivity index (χ1n) is 6.69. The highest BCUT2D eigenvalue weighted by Gasteiger charge is 2.29. The van der Waals surface area contributed by atoms with Crippen molar-refractivity contribution < 1.29 is 0 Å². The Morgan fingerprint density at radius 1 is 1.13 bits per heavy atom. The summed E-state index contributed by atoms with van der Waals surface area (Å²) in [6.07, 6.45) is 8.01. The summed E-state index contributed by atoms with van der Waals surface area (Å²) in [6.45, 7) is 6.94. The minimum absolute atomic E-state index is 0.549. The van der Waals surface area contributed by atoms with Crippen LogP contribution in [0.25, 0.3) is 0 Å². The van der Waals surface area contributed by atoms with Crippen LogP contribution in [0.1, 0.15) is 59.3 Å². The number of hydrogen-bond acceptors (Lipinski definition) is 2. The van der Waals surface area contributed by atoms with Gasteiger partial charge in [0.25, 0.3) is 0 Å². The summed E-state index contributed by atoms with van der Waals surface area (Å²) in [6, 6.07) is 0.549. The lowest BCUT2D eigenvalue weighted by atomic mass is 9.74. The van der Waals surface area contributed by atoms with Crippen LogP contribution in [0.4, 0.5) is 0 Å². The summed E-state index contributed by atoms with van der Waals surface area (Å²) < 4.78 is 0. The Hall–Kier alpha value is -0.0800. The van der Waals surface area contributed by atoms with Gasteiger partial charge in [0.05, 0.1) is 0 Å². The lowest BCUT2D eigenvalue weighted by Gasteiger charge is -2.36. The van der Waals surface area contributed by atoms with Gasteiger partial charge in [0.2, 0.25) is 0 Å². The van der Waals surface area contributed by atoms with Crippen LogP contribution in [0.2, 0.25) is 0 Å². The molecule has 1 rings (SSSR count). The van der Waals surface area contributed by atoms with Crippen LogP contribution in [0.15, 0.2) is 0 Å². The Labute approximate surface area is 95.0 Å². The second-order valence-electron chi connectivity index (χ2n) is 5.29. The van der Waals surface area contributed by atoms with Crippen LogP contribution in [0.3, 0.4) is 0 Å². The fourth-order valence-electron chi connectivity index (χ4n) is 3.10. The molecule has 1 aliphatic rings. The van der Waals surface area contributed by atoms with Gasteiger partial charge in [-0.25, -0.2) is 0 Å². The molecule has 1 saturated carbocycles. The summed E-state index contributed by atoms with van der Waals surface area (Å²) in [5, 5.41) is 0. The van der Waals surface area contributed by atoms with E-state index in [1.165, 1.54) is 38.5 Å². The SMILES string of the molecule is CCC(CC)C(NN)C1CCC(C)CC1. The van der Waals surface area contributed by atoms with Crippen molar-refractivity contribution in [3.05, 3.63) is 0 Å².